The van der Waals surface area contributed by atoms with Crippen molar-refractivity contribution in [1.29, 1.82) is 0 Å². The van der Waals surface area contributed by atoms with Gasteiger partial charge in [-0.2, -0.15) is 0 Å². The standard InChI is InChI=1S/C14H22N2O3S/c1-2-15-11-7-9-12(10-8-11)20(18,19)16-13-5-3-4-6-14(13)17/h7-10,13-17H,2-6H2,1H3. The number of rotatable bonds is 5. The van der Waals surface area contributed by atoms with E-state index in [4.69, 9.17) is 0 Å². The minimum absolute atomic E-state index is 0.233. The summed E-state index contributed by atoms with van der Waals surface area (Å²) in [6, 6.07) is 6.28. The van der Waals surface area contributed by atoms with Crippen molar-refractivity contribution in [2.45, 2.75) is 49.6 Å². The molecule has 20 heavy (non-hydrogen) atoms. The van der Waals surface area contributed by atoms with E-state index in [9.17, 15) is 13.5 Å². The molecule has 3 N–H and O–H groups in total. The molecule has 1 aliphatic carbocycles. The van der Waals surface area contributed by atoms with Crippen LogP contribution < -0.4 is 10.0 Å². The summed E-state index contributed by atoms with van der Waals surface area (Å²) in [6.45, 7) is 2.77. The smallest absolute Gasteiger partial charge is 0.240 e. The molecule has 0 spiro atoms. The van der Waals surface area contributed by atoms with Gasteiger partial charge in [0.05, 0.1) is 11.0 Å². The van der Waals surface area contributed by atoms with Crippen LogP contribution in [0.25, 0.3) is 0 Å². The van der Waals surface area contributed by atoms with Crippen LogP contribution in [-0.2, 0) is 10.0 Å². The van der Waals surface area contributed by atoms with Crippen molar-refractivity contribution in [1.82, 2.24) is 4.72 Å². The number of nitrogens with one attached hydrogen (secondary N) is 2. The van der Waals surface area contributed by atoms with Crippen molar-refractivity contribution in [3.63, 3.8) is 0 Å². The van der Waals surface area contributed by atoms with Crippen molar-refractivity contribution in [3.8, 4) is 0 Å². The maximum absolute atomic E-state index is 12.3. The number of hydrogen-bond acceptors (Lipinski definition) is 4. The van der Waals surface area contributed by atoms with Gasteiger partial charge in [0.1, 0.15) is 0 Å². The predicted octanol–water partition coefficient (Wildman–Crippen LogP) is 1.70. The van der Waals surface area contributed by atoms with Crippen LogP contribution in [0.5, 0.6) is 0 Å². The summed E-state index contributed by atoms with van der Waals surface area (Å²) in [4.78, 5) is 0.233. The Morgan fingerprint density at radius 2 is 1.85 bits per heavy atom. The van der Waals surface area contributed by atoms with Gasteiger partial charge in [-0.25, -0.2) is 13.1 Å². The van der Waals surface area contributed by atoms with E-state index in [1.165, 1.54) is 0 Å². The highest BCUT2D eigenvalue weighted by molar-refractivity contribution is 7.89. The van der Waals surface area contributed by atoms with Crippen molar-refractivity contribution in [3.05, 3.63) is 24.3 Å². The molecule has 0 radical (unpaired) electrons. The normalized spacial score (nSPS) is 23.5. The first-order valence-corrected chi connectivity index (χ1v) is 8.55. The zero-order valence-corrected chi connectivity index (χ0v) is 12.5. The van der Waals surface area contributed by atoms with Gasteiger partial charge in [0.2, 0.25) is 10.0 Å². The van der Waals surface area contributed by atoms with Crippen LogP contribution in [0.1, 0.15) is 32.6 Å². The summed E-state index contributed by atoms with van der Waals surface area (Å²) in [5.41, 5.74) is 0.893. The summed E-state index contributed by atoms with van der Waals surface area (Å²) in [5, 5.41) is 13.0. The molecule has 0 aliphatic heterocycles. The summed E-state index contributed by atoms with van der Waals surface area (Å²) in [6.07, 6.45) is 2.67. The highest BCUT2D eigenvalue weighted by Gasteiger charge is 2.27. The maximum atomic E-state index is 12.3. The Bertz CT molecular complexity index is 528. The lowest BCUT2D eigenvalue weighted by Gasteiger charge is -2.28. The van der Waals surface area contributed by atoms with Gasteiger partial charge in [-0.05, 0) is 44.0 Å². The van der Waals surface area contributed by atoms with E-state index >= 15 is 0 Å². The molecule has 1 fully saturated rings. The molecule has 1 aromatic rings. The Morgan fingerprint density at radius 1 is 1.20 bits per heavy atom. The molecule has 0 bridgehead atoms. The van der Waals surface area contributed by atoms with E-state index in [0.29, 0.717) is 12.8 Å². The van der Waals surface area contributed by atoms with E-state index in [1.807, 2.05) is 6.92 Å². The van der Waals surface area contributed by atoms with Crippen LogP contribution in [0.3, 0.4) is 0 Å². The van der Waals surface area contributed by atoms with E-state index in [1.54, 1.807) is 24.3 Å². The highest BCUT2D eigenvalue weighted by Crippen LogP contribution is 2.21. The molecule has 5 nitrogen and oxygen atoms in total. The molecule has 6 heteroatoms. The topological polar surface area (TPSA) is 78.4 Å². The molecule has 112 valence electrons. The second-order valence-corrected chi connectivity index (χ2v) is 6.85. The Morgan fingerprint density at radius 3 is 2.45 bits per heavy atom. The van der Waals surface area contributed by atoms with E-state index in [0.717, 1.165) is 25.1 Å². The molecule has 1 aliphatic rings. The molecule has 0 aromatic heterocycles. The van der Waals surface area contributed by atoms with Gasteiger partial charge in [0.15, 0.2) is 0 Å². The number of aliphatic hydroxyl groups is 1. The average Bonchev–Trinajstić information content (AvgIpc) is 2.42. The number of anilines is 1. The number of aliphatic hydroxyl groups excluding tert-OH is 1. The quantitative estimate of drug-likeness (QED) is 0.773. The Hall–Kier alpha value is -1.11. The van der Waals surface area contributed by atoms with E-state index in [-0.39, 0.29) is 10.9 Å². The molecule has 0 heterocycles. The zero-order chi connectivity index (χ0) is 14.6. The second-order valence-electron chi connectivity index (χ2n) is 5.13. The van der Waals surface area contributed by atoms with Gasteiger partial charge in [-0.15, -0.1) is 0 Å². The molecule has 0 amide bonds. The van der Waals surface area contributed by atoms with Gasteiger partial charge in [0.25, 0.3) is 0 Å². The molecule has 2 atom stereocenters. The van der Waals surface area contributed by atoms with Gasteiger partial charge in [0, 0.05) is 18.3 Å². The van der Waals surface area contributed by atoms with Crippen molar-refractivity contribution >= 4 is 15.7 Å². The third kappa shape index (κ3) is 3.71. The number of benzene rings is 1. The summed E-state index contributed by atoms with van der Waals surface area (Å²) >= 11 is 0. The average molecular weight is 298 g/mol. The maximum Gasteiger partial charge on any atom is 0.240 e. The summed E-state index contributed by atoms with van der Waals surface area (Å²) in [5.74, 6) is 0. The van der Waals surface area contributed by atoms with E-state index in [2.05, 4.69) is 10.0 Å². The fraction of sp³-hybridized carbons (Fsp3) is 0.571. The van der Waals surface area contributed by atoms with Crippen LogP contribution in [0.15, 0.2) is 29.2 Å². The second kappa shape index (κ2) is 6.56. The molecule has 0 saturated heterocycles. The lowest BCUT2D eigenvalue weighted by Crippen LogP contribution is -2.44. The first-order chi connectivity index (χ1) is 9.53. The fourth-order valence-electron chi connectivity index (χ4n) is 2.47. The summed E-state index contributed by atoms with van der Waals surface area (Å²) < 4.78 is 27.2. The van der Waals surface area contributed by atoms with Crippen LogP contribution >= 0.6 is 0 Å². The zero-order valence-electron chi connectivity index (χ0n) is 11.7. The highest BCUT2D eigenvalue weighted by atomic mass is 32.2. The minimum atomic E-state index is -3.56. The van der Waals surface area contributed by atoms with Crippen LogP contribution in [-0.4, -0.2) is 32.2 Å². The van der Waals surface area contributed by atoms with Gasteiger partial charge in [-0.1, -0.05) is 12.8 Å². The lowest BCUT2D eigenvalue weighted by atomic mass is 9.93. The number of hydrogen-bond donors (Lipinski definition) is 3. The summed E-state index contributed by atoms with van der Waals surface area (Å²) in [7, 11) is -3.56. The molecule has 2 rings (SSSR count). The molecular formula is C14H22N2O3S. The predicted molar refractivity (Wildman–Crippen MR) is 79.2 cm³/mol. The van der Waals surface area contributed by atoms with Gasteiger partial charge >= 0.3 is 0 Å². The fourth-order valence-corrected chi connectivity index (χ4v) is 3.78. The van der Waals surface area contributed by atoms with Crippen molar-refractivity contribution < 1.29 is 13.5 Å². The Labute approximate surface area is 120 Å². The van der Waals surface area contributed by atoms with Crippen molar-refractivity contribution in [2.24, 2.45) is 0 Å². The Kier molecular flexibility index (Phi) is 5.01. The first-order valence-electron chi connectivity index (χ1n) is 7.07. The van der Waals surface area contributed by atoms with Crippen molar-refractivity contribution in [2.75, 3.05) is 11.9 Å². The number of sulfonamides is 1. The van der Waals surface area contributed by atoms with E-state index < -0.39 is 16.1 Å². The molecule has 2 unspecified atom stereocenters. The lowest BCUT2D eigenvalue weighted by molar-refractivity contribution is 0.101. The third-order valence-corrected chi connectivity index (χ3v) is 5.09. The van der Waals surface area contributed by atoms with Gasteiger partial charge < -0.3 is 10.4 Å². The van der Waals surface area contributed by atoms with Crippen LogP contribution in [0.2, 0.25) is 0 Å². The SMILES string of the molecule is CCNc1ccc(S(=O)(=O)NC2CCCCC2O)cc1. The molecular weight excluding hydrogens is 276 g/mol. The van der Waals surface area contributed by atoms with Crippen LogP contribution in [0, 0.1) is 0 Å². The minimum Gasteiger partial charge on any atom is -0.391 e. The third-order valence-electron chi connectivity index (χ3n) is 3.58. The molecule has 1 aromatic carbocycles. The monoisotopic (exact) mass is 298 g/mol. The Balaban J connectivity index is 2.09. The largest absolute Gasteiger partial charge is 0.391 e. The first kappa shape index (κ1) is 15.3. The van der Waals surface area contributed by atoms with Gasteiger partial charge in [-0.3, -0.25) is 0 Å². The molecule has 1 saturated carbocycles. The van der Waals surface area contributed by atoms with Crippen LogP contribution in [0.4, 0.5) is 5.69 Å².